The molecule has 26 heavy (non-hydrogen) atoms. The molecule has 3 rings (SSSR count). The molecule has 3 aromatic rings. The number of hydroxylamine groups is 1. The Kier molecular flexibility index (Phi) is 5.85. The Morgan fingerprint density at radius 3 is 2.96 bits per heavy atom. The number of anilines is 2. The predicted molar refractivity (Wildman–Crippen MR) is 99.8 cm³/mol. The number of carbonyl (C=O) groups excluding carboxylic acids is 1. The second-order valence-electron chi connectivity index (χ2n) is 5.05. The Bertz CT molecular complexity index is 934. The molecular formula is C16H14FIN4O4. The number of nitrogens with one attached hydrogen (secondary N) is 2. The molecule has 8 nitrogen and oxygen atoms in total. The number of aliphatic hydroxyl groups is 1. The summed E-state index contributed by atoms with van der Waals surface area (Å²) in [6.45, 7) is -0.323. The van der Waals surface area contributed by atoms with E-state index in [2.05, 4.69) is 10.3 Å². The Hall–Kier alpha value is -2.44. The third-order valence-corrected chi connectivity index (χ3v) is 3.95. The number of hydrogen-bond donors (Lipinski definition) is 3. The Labute approximate surface area is 161 Å². The minimum Gasteiger partial charge on any atom is -0.405 e. The Balaban J connectivity index is 1.90. The monoisotopic (exact) mass is 472 g/mol. The summed E-state index contributed by atoms with van der Waals surface area (Å²) in [6.07, 6.45) is 2.21. The summed E-state index contributed by atoms with van der Waals surface area (Å²) in [6, 6.07) is 8.02. The van der Waals surface area contributed by atoms with Crippen LogP contribution >= 0.6 is 22.6 Å². The van der Waals surface area contributed by atoms with Crippen molar-refractivity contribution < 1.29 is 23.9 Å². The molecule has 0 unspecified atom stereocenters. The highest BCUT2D eigenvalue weighted by atomic mass is 127. The van der Waals surface area contributed by atoms with E-state index in [1.54, 1.807) is 34.9 Å². The molecule has 0 spiro atoms. The van der Waals surface area contributed by atoms with Crippen LogP contribution in [0.25, 0.3) is 5.52 Å². The smallest absolute Gasteiger partial charge is 0.405 e. The zero-order valence-electron chi connectivity index (χ0n) is 13.3. The number of ether oxygens (including phenoxy) is 1. The van der Waals surface area contributed by atoms with Crippen LogP contribution in [0.1, 0.15) is 0 Å². The van der Waals surface area contributed by atoms with Crippen molar-refractivity contribution in [3.63, 3.8) is 0 Å². The van der Waals surface area contributed by atoms with Gasteiger partial charge in [0.15, 0.2) is 11.6 Å². The molecule has 0 aliphatic heterocycles. The number of aromatic nitrogens is 2. The molecule has 2 heterocycles. The van der Waals surface area contributed by atoms with Crippen LogP contribution in [0.2, 0.25) is 0 Å². The maximum Gasteiger partial charge on any atom is 0.436 e. The van der Waals surface area contributed by atoms with E-state index in [-0.39, 0.29) is 24.7 Å². The van der Waals surface area contributed by atoms with Gasteiger partial charge in [-0.15, -0.1) is 0 Å². The van der Waals surface area contributed by atoms with Gasteiger partial charge in [-0.2, -0.15) is 5.48 Å². The van der Waals surface area contributed by atoms with Gasteiger partial charge in [-0.25, -0.2) is 14.2 Å². The van der Waals surface area contributed by atoms with E-state index in [0.29, 0.717) is 11.3 Å². The lowest BCUT2D eigenvalue weighted by Crippen LogP contribution is -2.28. The molecule has 0 atom stereocenters. The van der Waals surface area contributed by atoms with Gasteiger partial charge < -0.3 is 15.2 Å². The van der Waals surface area contributed by atoms with Crippen molar-refractivity contribution in [1.82, 2.24) is 14.9 Å². The molecule has 0 fully saturated rings. The van der Waals surface area contributed by atoms with E-state index in [1.807, 2.05) is 28.1 Å². The van der Waals surface area contributed by atoms with Crippen LogP contribution in [0.15, 0.2) is 42.9 Å². The van der Waals surface area contributed by atoms with E-state index in [1.165, 1.54) is 12.4 Å². The SMILES string of the molecule is O=C(NOCCO)Oc1cc2ccncn2c1Nc1ccc(I)cc1F. The third kappa shape index (κ3) is 4.20. The molecule has 0 aliphatic carbocycles. The number of halogens is 2. The van der Waals surface area contributed by atoms with Gasteiger partial charge in [0.2, 0.25) is 0 Å². The number of fused-ring (bicyclic) bond motifs is 1. The van der Waals surface area contributed by atoms with Crippen LogP contribution < -0.4 is 15.5 Å². The predicted octanol–water partition coefficient (Wildman–Crippen LogP) is 2.83. The van der Waals surface area contributed by atoms with Crippen molar-refractivity contribution >= 4 is 45.7 Å². The molecule has 1 amide bonds. The first kappa shape index (κ1) is 18.4. The summed E-state index contributed by atoms with van der Waals surface area (Å²) >= 11 is 2.01. The highest BCUT2D eigenvalue weighted by Gasteiger charge is 2.17. The van der Waals surface area contributed by atoms with Crippen LogP contribution in [0.4, 0.5) is 20.7 Å². The number of nitrogens with zero attached hydrogens (tertiary/aromatic N) is 2. The molecule has 2 aromatic heterocycles. The molecule has 0 aliphatic rings. The molecule has 0 bridgehead atoms. The maximum atomic E-state index is 14.2. The van der Waals surface area contributed by atoms with Crippen molar-refractivity contribution in [3.8, 4) is 5.75 Å². The lowest BCUT2D eigenvalue weighted by molar-refractivity contribution is 0.0246. The zero-order valence-corrected chi connectivity index (χ0v) is 15.4. The van der Waals surface area contributed by atoms with Crippen LogP contribution in [-0.2, 0) is 4.84 Å². The molecule has 136 valence electrons. The molecular weight excluding hydrogens is 458 g/mol. The first-order valence-electron chi connectivity index (χ1n) is 7.46. The molecule has 3 N–H and O–H groups in total. The normalized spacial score (nSPS) is 10.7. The fraction of sp³-hybridized carbons (Fsp3) is 0.125. The summed E-state index contributed by atoms with van der Waals surface area (Å²) in [5.41, 5.74) is 2.94. The van der Waals surface area contributed by atoms with Gasteiger partial charge in [-0.1, -0.05) is 0 Å². The topological polar surface area (TPSA) is 97.1 Å². The summed E-state index contributed by atoms with van der Waals surface area (Å²) in [5, 5.41) is 11.6. The Morgan fingerprint density at radius 1 is 1.35 bits per heavy atom. The zero-order chi connectivity index (χ0) is 18.5. The molecule has 10 heteroatoms. The second-order valence-corrected chi connectivity index (χ2v) is 6.29. The number of rotatable bonds is 6. The van der Waals surface area contributed by atoms with Crippen LogP contribution in [0.3, 0.4) is 0 Å². The first-order valence-corrected chi connectivity index (χ1v) is 8.54. The standard InChI is InChI=1S/C16H14FIN4O4/c17-12-7-10(18)1-2-13(12)20-15-14(26-16(24)21-25-6-5-23)8-11-3-4-19-9-22(11)15/h1-4,7-9,20,23H,5-6H2,(H,21,24). The van der Waals surface area contributed by atoms with E-state index < -0.39 is 11.9 Å². The van der Waals surface area contributed by atoms with Crippen molar-refractivity contribution in [2.45, 2.75) is 0 Å². The largest absolute Gasteiger partial charge is 0.436 e. The van der Waals surface area contributed by atoms with Gasteiger partial charge in [0, 0.05) is 15.8 Å². The highest BCUT2D eigenvalue weighted by Crippen LogP contribution is 2.32. The van der Waals surface area contributed by atoms with E-state index >= 15 is 0 Å². The van der Waals surface area contributed by atoms with Crippen molar-refractivity contribution in [3.05, 3.63) is 52.2 Å². The molecule has 0 saturated carbocycles. The van der Waals surface area contributed by atoms with E-state index in [0.717, 1.165) is 3.57 Å². The molecule has 1 aromatic carbocycles. The van der Waals surface area contributed by atoms with Gasteiger partial charge in [-0.05, 0) is 46.9 Å². The summed E-state index contributed by atoms with van der Waals surface area (Å²) in [7, 11) is 0. The maximum absolute atomic E-state index is 14.2. The minimum atomic E-state index is -0.881. The number of aliphatic hydroxyl groups excluding tert-OH is 1. The quantitative estimate of drug-likeness (QED) is 0.290. The van der Waals surface area contributed by atoms with Crippen LogP contribution in [0, 0.1) is 9.39 Å². The van der Waals surface area contributed by atoms with Gasteiger partial charge in [0.1, 0.15) is 12.1 Å². The fourth-order valence-electron chi connectivity index (χ4n) is 2.19. The fourth-order valence-corrected chi connectivity index (χ4v) is 2.64. The van der Waals surface area contributed by atoms with Gasteiger partial charge in [-0.3, -0.25) is 9.24 Å². The molecule has 0 radical (unpaired) electrons. The van der Waals surface area contributed by atoms with Crippen LogP contribution in [-0.4, -0.2) is 33.8 Å². The van der Waals surface area contributed by atoms with Gasteiger partial charge in [0.25, 0.3) is 0 Å². The van der Waals surface area contributed by atoms with Crippen LogP contribution in [0.5, 0.6) is 5.75 Å². The summed E-state index contributed by atoms with van der Waals surface area (Å²) in [5.74, 6) is 0.0315. The average Bonchev–Trinajstić information content (AvgIpc) is 2.95. The first-order chi connectivity index (χ1) is 12.6. The number of amides is 1. The van der Waals surface area contributed by atoms with E-state index in [4.69, 9.17) is 14.7 Å². The van der Waals surface area contributed by atoms with Crippen molar-refractivity contribution in [2.75, 3.05) is 18.5 Å². The van der Waals surface area contributed by atoms with Gasteiger partial charge >= 0.3 is 6.09 Å². The average molecular weight is 472 g/mol. The van der Waals surface area contributed by atoms with Crippen molar-refractivity contribution in [1.29, 1.82) is 0 Å². The number of hydrogen-bond acceptors (Lipinski definition) is 6. The van der Waals surface area contributed by atoms with Crippen molar-refractivity contribution in [2.24, 2.45) is 0 Å². The number of carbonyl (C=O) groups is 1. The minimum absolute atomic E-state index is 0.0737. The third-order valence-electron chi connectivity index (χ3n) is 3.28. The summed E-state index contributed by atoms with van der Waals surface area (Å²) < 4.78 is 21.8. The van der Waals surface area contributed by atoms with Gasteiger partial charge in [0.05, 0.1) is 24.4 Å². The summed E-state index contributed by atoms with van der Waals surface area (Å²) in [4.78, 5) is 20.5. The van der Waals surface area contributed by atoms with E-state index in [9.17, 15) is 9.18 Å². The molecule has 0 saturated heterocycles. The second kappa shape index (κ2) is 8.29. The lowest BCUT2D eigenvalue weighted by atomic mass is 10.3. The number of benzene rings is 1. The lowest BCUT2D eigenvalue weighted by Gasteiger charge is -2.11. The Morgan fingerprint density at radius 2 is 2.19 bits per heavy atom. The highest BCUT2D eigenvalue weighted by molar-refractivity contribution is 14.1.